The summed E-state index contributed by atoms with van der Waals surface area (Å²) in [7, 11) is 1.64. The summed E-state index contributed by atoms with van der Waals surface area (Å²) in [6, 6.07) is 21.7. The van der Waals surface area contributed by atoms with E-state index in [-0.39, 0.29) is 5.82 Å². The lowest BCUT2D eigenvalue weighted by Crippen LogP contribution is -1.99. The molecule has 0 bridgehead atoms. The summed E-state index contributed by atoms with van der Waals surface area (Å²) < 4.78 is 20.1. The lowest BCUT2D eigenvalue weighted by Gasteiger charge is -2.10. The lowest BCUT2D eigenvalue weighted by atomic mass is 9.97. The van der Waals surface area contributed by atoms with E-state index in [9.17, 15) is 4.39 Å². The van der Waals surface area contributed by atoms with Gasteiger partial charge in [0.1, 0.15) is 11.6 Å². The third-order valence-corrected chi connectivity index (χ3v) is 4.16. The summed E-state index contributed by atoms with van der Waals surface area (Å²) in [6.45, 7) is 2.05. The minimum atomic E-state index is -0.109. The van der Waals surface area contributed by atoms with Crippen molar-refractivity contribution in [3.63, 3.8) is 0 Å². The molecule has 0 unspecified atom stereocenters. The van der Waals surface area contributed by atoms with Crippen molar-refractivity contribution in [2.45, 2.75) is 19.8 Å². The van der Waals surface area contributed by atoms with Gasteiger partial charge in [-0.3, -0.25) is 0 Å². The van der Waals surface area contributed by atoms with E-state index in [0.717, 1.165) is 22.4 Å². The second-order valence-electron chi connectivity index (χ2n) is 6.08. The molecule has 0 saturated heterocycles. The molecule has 0 heterocycles. The van der Waals surface area contributed by atoms with Gasteiger partial charge >= 0.3 is 0 Å². The van der Waals surface area contributed by atoms with Gasteiger partial charge in [-0.05, 0) is 41.3 Å². The average molecular weight is 320 g/mol. The number of hydrogen-bond donors (Lipinski definition) is 0. The summed E-state index contributed by atoms with van der Waals surface area (Å²) in [5, 5.41) is 0. The van der Waals surface area contributed by atoms with Gasteiger partial charge in [0.25, 0.3) is 0 Å². The van der Waals surface area contributed by atoms with Crippen LogP contribution in [0.25, 0.3) is 0 Å². The number of aryl methyl sites for hydroxylation is 1. The SMILES string of the molecule is COc1cccc(Cc2cccc(Cc3cccc(C)c3)c2F)c1. The fourth-order valence-corrected chi connectivity index (χ4v) is 2.95. The van der Waals surface area contributed by atoms with Crippen LogP contribution in [0, 0.1) is 12.7 Å². The van der Waals surface area contributed by atoms with Crippen LogP contribution in [0.1, 0.15) is 27.8 Å². The molecule has 0 aromatic heterocycles. The highest BCUT2D eigenvalue weighted by Gasteiger charge is 2.10. The summed E-state index contributed by atoms with van der Waals surface area (Å²) in [5.74, 6) is 0.686. The Hall–Kier alpha value is -2.61. The van der Waals surface area contributed by atoms with E-state index < -0.39 is 0 Å². The zero-order chi connectivity index (χ0) is 16.9. The fraction of sp³-hybridized carbons (Fsp3) is 0.182. The van der Waals surface area contributed by atoms with E-state index in [2.05, 4.69) is 19.1 Å². The number of ether oxygens (including phenoxy) is 1. The number of rotatable bonds is 5. The maximum atomic E-state index is 14.9. The van der Waals surface area contributed by atoms with Gasteiger partial charge in [-0.25, -0.2) is 4.39 Å². The summed E-state index contributed by atoms with van der Waals surface area (Å²) in [4.78, 5) is 0. The molecule has 3 aromatic rings. The Morgan fingerprint density at radius 1 is 0.792 bits per heavy atom. The Balaban J connectivity index is 1.85. The van der Waals surface area contributed by atoms with Crippen molar-refractivity contribution in [2.24, 2.45) is 0 Å². The number of hydrogen-bond acceptors (Lipinski definition) is 1. The van der Waals surface area contributed by atoms with Gasteiger partial charge in [0.15, 0.2) is 0 Å². The van der Waals surface area contributed by atoms with Crippen molar-refractivity contribution in [2.75, 3.05) is 7.11 Å². The second kappa shape index (κ2) is 7.31. The molecule has 0 spiro atoms. The van der Waals surface area contributed by atoms with Crippen molar-refractivity contribution in [3.8, 4) is 5.75 Å². The maximum absolute atomic E-state index is 14.9. The van der Waals surface area contributed by atoms with Crippen LogP contribution in [-0.4, -0.2) is 7.11 Å². The molecule has 0 aliphatic heterocycles. The van der Waals surface area contributed by atoms with Crippen LogP contribution < -0.4 is 4.74 Å². The topological polar surface area (TPSA) is 9.23 Å². The van der Waals surface area contributed by atoms with Crippen molar-refractivity contribution in [3.05, 3.63) is 100 Å². The molecule has 0 radical (unpaired) electrons. The largest absolute Gasteiger partial charge is 0.497 e. The Kier molecular flexibility index (Phi) is 4.95. The molecule has 0 aliphatic carbocycles. The Labute approximate surface area is 142 Å². The van der Waals surface area contributed by atoms with Gasteiger partial charge in [-0.15, -0.1) is 0 Å². The van der Waals surface area contributed by atoms with E-state index in [0.29, 0.717) is 18.4 Å². The minimum Gasteiger partial charge on any atom is -0.497 e. The van der Waals surface area contributed by atoms with Crippen LogP contribution in [-0.2, 0) is 12.8 Å². The van der Waals surface area contributed by atoms with Gasteiger partial charge in [0.2, 0.25) is 0 Å². The number of benzene rings is 3. The molecule has 0 amide bonds. The standard InChI is InChI=1S/C22H21FO/c1-16-6-3-7-17(12-16)13-19-9-5-10-20(22(19)23)14-18-8-4-11-21(15-18)24-2/h3-12,15H,13-14H2,1-2H3. The predicted octanol–water partition coefficient (Wildman–Crippen LogP) is 5.32. The molecule has 3 aromatic carbocycles. The summed E-state index contributed by atoms with van der Waals surface area (Å²) >= 11 is 0. The first-order chi connectivity index (χ1) is 11.7. The van der Waals surface area contributed by atoms with E-state index in [1.54, 1.807) is 7.11 Å². The van der Waals surface area contributed by atoms with Crippen LogP contribution in [0.15, 0.2) is 66.7 Å². The molecule has 2 heteroatoms. The van der Waals surface area contributed by atoms with E-state index >= 15 is 0 Å². The van der Waals surface area contributed by atoms with Gasteiger partial charge in [-0.2, -0.15) is 0 Å². The second-order valence-corrected chi connectivity index (χ2v) is 6.08. The number of methoxy groups -OCH3 is 1. The van der Waals surface area contributed by atoms with Crippen LogP contribution in [0.4, 0.5) is 4.39 Å². The van der Waals surface area contributed by atoms with Crippen molar-refractivity contribution in [1.82, 2.24) is 0 Å². The van der Waals surface area contributed by atoms with Crippen LogP contribution in [0.2, 0.25) is 0 Å². The Bertz CT molecular complexity index is 839. The summed E-state index contributed by atoms with van der Waals surface area (Å²) in [5.41, 5.74) is 4.82. The van der Waals surface area contributed by atoms with E-state index in [1.807, 2.05) is 54.6 Å². The molecular formula is C22H21FO. The molecular weight excluding hydrogens is 299 g/mol. The number of halogens is 1. The van der Waals surface area contributed by atoms with Gasteiger partial charge in [-0.1, -0.05) is 60.2 Å². The maximum Gasteiger partial charge on any atom is 0.130 e. The van der Waals surface area contributed by atoms with E-state index in [1.165, 1.54) is 5.56 Å². The Morgan fingerprint density at radius 2 is 1.38 bits per heavy atom. The van der Waals surface area contributed by atoms with E-state index in [4.69, 9.17) is 4.74 Å². The van der Waals surface area contributed by atoms with Crippen LogP contribution in [0.3, 0.4) is 0 Å². The molecule has 0 saturated carbocycles. The average Bonchev–Trinajstić information content (AvgIpc) is 2.59. The quantitative estimate of drug-likeness (QED) is 0.618. The molecule has 0 fully saturated rings. The van der Waals surface area contributed by atoms with Crippen molar-refractivity contribution < 1.29 is 9.13 Å². The zero-order valence-corrected chi connectivity index (χ0v) is 14.1. The van der Waals surface area contributed by atoms with Crippen molar-refractivity contribution in [1.29, 1.82) is 0 Å². The molecule has 0 aliphatic rings. The molecule has 0 atom stereocenters. The normalized spacial score (nSPS) is 10.6. The predicted molar refractivity (Wildman–Crippen MR) is 96.2 cm³/mol. The molecule has 1 nitrogen and oxygen atoms in total. The molecule has 122 valence electrons. The molecule has 3 rings (SSSR count). The highest BCUT2D eigenvalue weighted by Crippen LogP contribution is 2.22. The monoisotopic (exact) mass is 320 g/mol. The van der Waals surface area contributed by atoms with Gasteiger partial charge < -0.3 is 4.74 Å². The molecule has 24 heavy (non-hydrogen) atoms. The first-order valence-corrected chi connectivity index (χ1v) is 8.10. The van der Waals surface area contributed by atoms with Crippen LogP contribution >= 0.6 is 0 Å². The first kappa shape index (κ1) is 16.3. The smallest absolute Gasteiger partial charge is 0.130 e. The third-order valence-electron chi connectivity index (χ3n) is 4.16. The highest BCUT2D eigenvalue weighted by molar-refractivity contribution is 5.37. The Morgan fingerprint density at radius 3 is 2.00 bits per heavy atom. The van der Waals surface area contributed by atoms with Crippen LogP contribution in [0.5, 0.6) is 5.75 Å². The highest BCUT2D eigenvalue weighted by atomic mass is 19.1. The fourth-order valence-electron chi connectivity index (χ4n) is 2.95. The molecule has 0 N–H and O–H groups in total. The summed E-state index contributed by atoms with van der Waals surface area (Å²) in [6.07, 6.45) is 1.17. The van der Waals surface area contributed by atoms with Crippen molar-refractivity contribution >= 4 is 0 Å². The minimum absolute atomic E-state index is 0.109. The third kappa shape index (κ3) is 3.83. The zero-order valence-electron chi connectivity index (χ0n) is 14.1. The van der Waals surface area contributed by atoms with Gasteiger partial charge in [0, 0.05) is 12.8 Å². The lowest BCUT2D eigenvalue weighted by molar-refractivity contribution is 0.414. The first-order valence-electron chi connectivity index (χ1n) is 8.10. The van der Waals surface area contributed by atoms with Gasteiger partial charge in [0.05, 0.1) is 7.11 Å².